The van der Waals surface area contributed by atoms with Gasteiger partial charge in [0.1, 0.15) is 17.0 Å². The molecule has 1 saturated carbocycles. The zero-order valence-corrected chi connectivity index (χ0v) is 9.12. The highest BCUT2D eigenvalue weighted by molar-refractivity contribution is 5.88. The van der Waals surface area contributed by atoms with E-state index in [-0.39, 0.29) is 11.3 Å². The highest BCUT2D eigenvalue weighted by Gasteiger charge is 2.68. The van der Waals surface area contributed by atoms with E-state index in [0.29, 0.717) is 6.42 Å². The first-order valence-electron chi connectivity index (χ1n) is 5.04. The average Bonchev–Trinajstić information content (AvgIpc) is 2.75. The number of benzene rings is 1. The average molecular weight is 224 g/mol. The number of hydrogen-bond acceptors (Lipinski definition) is 2. The maximum Gasteiger partial charge on any atom is 0.314 e. The molecule has 1 aliphatic rings. The summed E-state index contributed by atoms with van der Waals surface area (Å²) in [5.74, 6) is -1.70. The largest absolute Gasteiger partial charge is 0.508 e. The molecule has 1 aromatic rings. The summed E-state index contributed by atoms with van der Waals surface area (Å²) in [6, 6.07) is 3.42. The molecule has 1 aromatic carbocycles. The number of carboxylic acids is 1. The maximum absolute atomic E-state index is 13.1. The Balaban J connectivity index is 2.59. The van der Waals surface area contributed by atoms with Crippen LogP contribution in [0.5, 0.6) is 5.75 Å². The van der Waals surface area contributed by atoms with Crippen molar-refractivity contribution in [2.75, 3.05) is 0 Å². The van der Waals surface area contributed by atoms with Gasteiger partial charge in [0.15, 0.2) is 0 Å². The highest BCUT2D eigenvalue weighted by Crippen LogP contribution is 2.65. The van der Waals surface area contributed by atoms with Gasteiger partial charge in [0.05, 0.1) is 0 Å². The molecule has 0 aromatic heterocycles. The second kappa shape index (κ2) is 2.97. The zero-order valence-electron chi connectivity index (χ0n) is 9.12. The Bertz CT molecular complexity index is 467. The standard InChI is InChI=1S/C12H13FO3/c1-11(2)6-12(11,10(15)16)8-5-7(13)3-4-9(8)14/h3-5,14H,6H2,1-2H3,(H,15,16). The second-order valence-electron chi connectivity index (χ2n) is 4.93. The lowest BCUT2D eigenvalue weighted by atomic mass is 9.87. The fraction of sp³-hybridized carbons (Fsp3) is 0.417. The van der Waals surface area contributed by atoms with Crippen molar-refractivity contribution in [2.45, 2.75) is 25.7 Å². The number of hydrogen-bond donors (Lipinski definition) is 2. The molecule has 16 heavy (non-hydrogen) atoms. The molecular weight excluding hydrogens is 211 g/mol. The van der Waals surface area contributed by atoms with Gasteiger partial charge in [0.25, 0.3) is 0 Å². The van der Waals surface area contributed by atoms with E-state index in [9.17, 15) is 19.4 Å². The third-order valence-electron chi connectivity index (χ3n) is 3.52. The summed E-state index contributed by atoms with van der Waals surface area (Å²) >= 11 is 0. The van der Waals surface area contributed by atoms with Crippen LogP contribution in [0.15, 0.2) is 18.2 Å². The summed E-state index contributed by atoms with van der Waals surface area (Å²) in [5.41, 5.74) is -1.44. The summed E-state index contributed by atoms with van der Waals surface area (Å²) in [5, 5.41) is 18.9. The van der Waals surface area contributed by atoms with E-state index in [1.807, 2.05) is 0 Å². The molecule has 1 unspecified atom stereocenters. The van der Waals surface area contributed by atoms with E-state index < -0.39 is 22.6 Å². The molecule has 1 fully saturated rings. The Morgan fingerprint density at radius 1 is 1.44 bits per heavy atom. The third-order valence-corrected chi connectivity index (χ3v) is 3.52. The predicted octanol–water partition coefficient (Wildman–Crippen LogP) is 2.28. The highest BCUT2D eigenvalue weighted by atomic mass is 19.1. The van der Waals surface area contributed by atoms with E-state index in [0.717, 1.165) is 12.1 Å². The van der Waals surface area contributed by atoms with Crippen LogP contribution in [0.2, 0.25) is 0 Å². The predicted molar refractivity (Wildman–Crippen MR) is 55.8 cm³/mol. The molecular formula is C12H13FO3. The molecule has 2 rings (SSSR count). The van der Waals surface area contributed by atoms with Gasteiger partial charge in [-0.2, -0.15) is 0 Å². The van der Waals surface area contributed by atoms with Gasteiger partial charge in [0, 0.05) is 5.56 Å². The van der Waals surface area contributed by atoms with Crippen molar-refractivity contribution < 1.29 is 19.4 Å². The van der Waals surface area contributed by atoms with Gasteiger partial charge in [-0.05, 0) is 30.0 Å². The number of carbonyl (C=O) groups is 1. The van der Waals surface area contributed by atoms with E-state index in [4.69, 9.17) is 0 Å². The Morgan fingerprint density at radius 3 is 2.44 bits per heavy atom. The first-order valence-corrected chi connectivity index (χ1v) is 5.04. The van der Waals surface area contributed by atoms with Crippen molar-refractivity contribution in [1.82, 2.24) is 0 Å². The summed E-state index contributed by atoms with van der Waals surface area (Å²) in [6.07, 6.45) is 0.409. The molecule has 86 valence electrons. The summed E-state index contributed by atoms with van der Waals surface area (Å²) in [7, 11) is 0. The Morgan fingerprint density at radius 2 is 2.00 bits per heavy atom. The first kappa shape index (κ1) is 10.9. The van der Waals surface area contributed by atoms with Crippen LogP contribution in [0.25, 0.3) is 0 Å². The van der Waals surface area contributed by atoms with Gasteiger partial charge in [-0.25, -0.2) is 4.39 Å². The fourth-order valence-corrected chi connectivity index (χ4v) is 2.41. The van der Waals surface area contributed by atoms with Gasteiger partial charge < -0.3 is 10.2 Å². The van der Waals surface area contributed by atoms with Crippen LogP contribution in [0, 0.1) is 11.2 Å². The zero-order chi connectivity index (χ0) is 12.1. The van der Waals surface area contributed by atoms with E-state index in [2.05, 4.69) is 0 Å². The maximum atomic E-state index is 13.1. The Kier molecular flexibility index (Phi) is 2.02. The topological polar surface area (TPSA) is 57.5 Å². The van der Waals surface area contributed by atoms with Crippen molar-refractivity contribution in [1.29, 1.82) is 0 Å². The minimum absolute atomic E-state index is 0.158. The molecule has 0 saturated heterocycles. The van der Waals surface area contributed by atoms with E-state index >= 15 is 0 Å². The van der Waals surface area contributed by atoms with Gasteiger partial charge in [0.2, 0.25) is 0 Å². The number of rotatable bonds is 2. The number of halogens is 1. The van der Waals surface area contributed by atoms with Gasteiger partial charge in [-0.1, -0.05) is 13.8 Å². The van der Waals surface area contributed by atoms with Crippen molar-refractivity contribution in [3.8, 4) is 5.75 Å². The quantitative estimate of drug-likeness (QED) is 0.810. The molecule has 0 spiro atoms. The molecule has 1 aliphatic carbocycles. The van der Waals surface area contributed by atoms with Gasteiger partial charge in [-0.15, -0.1) is 0 Å². The molecule has 0 amide bonds. The van der Waals surface area contributed by atoms with Crippen molar-refractivity contribution in [2.24, 2.45) is 5.41 Å². The van der Waals surface area contributed by atoms with Gasteiger partial charge >= 0.3 is 5.97 Å². The first-order chi connectivity index (χ1) is 7.31. The SMILES string of the molecule is CC1(C)CC1(C(=O)O)c1cc(F)ccc1O. The molecule has 3 nitrogen and oxygen atoms in total. The third kappa shape index (κ3) is 1.22. The monoisotopic (exact) mass is 224 g/mol. The smallest absolute Gasteiger partial charge is 0.314 e. The number of aliphatic carboxylic acids is 1. The van der Waals surface area contributed by atoms with Crippen LogP contribution in [0.4, 0.5) is 4.39 Å². The Hall–Kier alpha value is -1.58. The van der Waals surface area contributed by atoms with Gasteiger partial charge in [-0.3, -0.25) is 4.79 Å². The van der Waals surface area contributed by atoms with Crippen molar-refractivity contribution >= 4 is 5.97 Å². The number of carboxylic acid groups (broad SMARTS) is 1. The lowest BCUT2D eigenvalue weighted by Crippen LogP contribution is -2.25. The summed E-state index contributed by atoms with van der Waals surface area (Å²) in [6.45, 7) is 3.59. The summed E-state index contributed by atoms with van der Waals surface area (Å²) < 4.78 is 13.1. The summed E-state index contributed by atoms with van der Waals surface area (Å²) in [4.78, 5) is 11.3. The van der Waals surface area contributed by atoms with Crippen LogP contribution in [0.1, 0.15) is 25.8 Å². The van der Waals surface area contributed by atoms with Crippen LogP contribution in [-0.4, -0.2) is 16.2 Å². The molecule has 0 aliphatic heterocycles. The molecule has 4 heteroatoms. The lowest BCUT2D eigenvalue weighted by Gasteiger charge is -2.17. The van der Waals surface area contributed by atoms with Crippen molar-refractivity contribution in [3.05, 3.63) is 29.6 Å². The fourth-order valence-electron chi connectivity index (χ4n) is 2.41. The van der Waals surface area contributed by atoms with Crippen LogP contribution in [-0.2, 0) is 10.2 Å². The normalized spacial score (nSPS) is 26.4. The van der Waals surface area contributed by atoms with E-state index in [1.54, 1.807) is 13.8 Å². The van der Waals surface area contributed by atoms with Crippen LogP contribution >= 0.6 is 0 Å². The van der Waals surface area contributed by atoms with Crippen LogP contribution in [0.3, 0.4) is 0 Å². The minimum Gasteiger partial charge on any atom is -0.508 e. The number of phenolic OH excluding ortho intramolecular Hbond substituents is 1. The number of phenols is 1. The number of aromatic hydroxyl groups is 1. The Labute approximate surface area is 92.5 Å². The van der Waals surface area contributed by atoms with E-state index in [1.165, 1.54) is 6.07 Å². The minimum atomic E-state index is -1.15. The second-order valence-corrected chi connectivity index (χ2v) is 4.93. The lowest BCUT2D eigenvalue weighted by molar-refractivity contribution is -0.141. The molecule has 0 heterocycles. The van der Waals surface area contributed by atoms with Crippen LogP contribution < -0.4 is 0 Å². The molecule has 0 bridgehead atoms. The van der Waals surface area contributed by atoms with Crippen molar-refractivity contribution in [3.63, 3.8) is 0 Å². The molecule has 0 radical (unpaired) electrons. The molecule has 2 N–H and O–H groups in total. The molecule has 1 atom stereocenters.